The quantitative estimate of drug-likeness (QED) is 0.863. The Morgan fingerprint density at radius 1 is 1.53 bits per heavy atom. The first-order chi connectivity index (χ1) is 6.98. The molecule has 1 aromatic rings. The molecule has 0 bridgehead atoms. The third-order valence-electron chi connectivity index (χ3n) is 2.31. The minimum Gasteiger partial charge on any atom is -0.472 e. The molecule has 3 nitrogen and oxygen atoms in total. The van der Waals surface area contributed by atoms with Crippen molar-refractivity contribution in [2.45, 2.75) is 39.4 Å². The van der Waals surface area contributed by atoms with Gasteiger partial charge in [-0.3, -0.25) is 0 Å². The van der Waals surface area contributed by atoms with Gasteiger partial charge in [0, 0.05) is 17.8 Å². The fourth-order valence-electron chi connectivity index (χ4n) is 0.991. The van der Waals surface area contributed by atoms with Crippen LogP contribution in [0, 0.1) is 0 Å². The van der Waals surface area contributed by atoms with Crippen molar-refractivity contribution in [2.75, 3.05) is 0 Å². The highest BCUT2D eigenvalue weighted by molar-refractivity contribution is 6.31. The van der Waals surface area contributed by atoms with Crippen LogP contribution in [0.1, 0.15) is 32.8 Å². The molecule has 1 rings (SSSR count). The number of ether oxygens (including phenoxy) is 1. The number of nitrogens with zero attached hydrogens (tertiary/aromatic N) is 1. The Bertz CT molecular complexity index is 339. The van der Waals surface area contributed by atoms with Gasteiger partial charge >= 0.3 is 0 Å². The van der Waals surface area contributed by atoms with E-state index in [1.165, 1.54) is 6.20 Å². The van der Waals surface area contributed by atoms with Crippen LogP contribution >= 0.6 is 11.6 Å². The fraction of sp³-hybridized carbons (Fsp3) is 0.545. The molecule has 0 aromatic carbocycles. The van der Waals surface area contributed by atoms with Gasteiger partial charge in [0.25, 0.3) is 0 Å². The molecular formula is C11H16ClNO2. The lowest BCUT2D eigenvalue weighted by molar-refractivity contribution is 0.0986. The Labute approximate surface area is 95.1 Å². The molecule has 0 saturated heterocycles. The van der Waals surface area contributed by atoms with Gasteiger partial charge in [0.05, 0.1) is 11.6 Å². The Balaban J connectivity index is 2.87. The number of rotatable bonds is 4. The molecule has 1 aromatic heterocycles. The molecule has 0 saturated carbocycles. The molecule has 0 amide bonds. The number of aliphatic hydroxyl groups is 1. The summed E-state index contributed by atoms with van der Waals surface area (Å²) in [6.07, 6.45) is 2.37. The minimum atomic E-state index is -0.256. The molecule has 1 N–H and O–H groups in total. The second kappa shape index (κ2) is 4.81. The van der Waals surface area contributed by atoms with E-state index in [1.54, 1.807) is 6.07 Å². The standard InChI is InChI=1S/C11H16ClNO2/c1-4-11(2,3)15-10-5-8(7-14)9(12)6-13-10/h5-6,14H,4,7H2,1-3H3. The number of halogens is 1. The predicted octanol–water partition coefficient (Wildman–Crippen LogP) is 2.79. The maximum atomic E-state index is 9.03. The zero-order valence-corrected chi connectivity index (χ0v) is 10.0. The molecule has 4 heteroatoms. The van der Waals surface area contributed by atoms with E-state index < -0.39 is 0 Å². The van der Waals surface area contributed by atoms with Crippen molar-refractivity contribution >= 4 is 11.6 Å². The molecule has 0 radical (unpaired) electrons. The second-order valence-electron chi connectivity index (χ2n) is 3.99. The average Bonchev–Trinajstić information content (AvgIpc) is 2.20. The topological polar surface area (TPSA) is 42.4 Å². The molecule has 0 unspecified atom stereocenters. The van der Waals surface area contributed by atoms with Gasteiger partial charge in [-0.05, 0) is 20.3 Å². The van der Waals surface area contributed by atoms with Crippen molar-refractivity contribution in [2.24, 2.45) is 0 Å². The van der Waals surface area contributed by atoms with Crippen molar-refractivity contribution in [1.29, 1.82) is 0 Å². The van der Waals surface area contributed by atoms with Crippen molar-refractivity contribution < 1.29 is 9.84 Å². The van der Waals surface area contributed by atoms with E-state index in [-0.39, 0.29) is 12.2 Å². The van der Waals surface area contributed by atoms with Crippen LogP contribution in [0.4, 0.5) is 0 Å². The highest BCUT2D eigenvalue weighted by Gasteiger charge is 2.17. The Hall–Kier alpha value is -0.800. The summed E-state index contributed by atoms with van der Waals surface area (Å²) in [6.45, 7) is 5.91. The summed E-state index contributed by atoms with van der Waals surface area (Å²) in [4.78, 5) is 4.05. The second-order valence-corrected chi connectivity index (χ2v) is 4.39. The van der Waals surface area contributed by atoms with Crippen LogP contribution in [0.3, 0.4) is 0 Å². The minimum absolute atomic E-state index is 0.107. The van der Waals surface area contributed by atoms with Crippen LogP contribution in [-0.2, 0) is 6.61 Å². The Kier molecular flexibility index (Phi) is 3.94. The largest absolute Gasteiger partial charge is 0.472 e. The number of hydrogen-bond donors (Lipinski definition) is 1. The van der Waals surface area contributed by atoms with Crippen molar-refractivity contribution in [3.63, 3.8) is 0 Å². The molecular weight excluding hydrogens is 214 g/mol. The summed E-state index contributed by atoms with van der Waals surface area (Å²) < 4.78 is 5.67. The lowest BCUT2D eigenvalue weighted by atomic mass is 10.1. The van der Waals surface area contributed by atoms with E-state index in [1.807, 2.05) is 20.8 Å². The lowest BCUT2D eigenvalue weighted by Crippen LogP contribution is -2.27. The maximum Gasteiger partial charge on any atom is 0.214 e. The van der Waals surface area contributed by atoms with Crippen LogP contribution in [0.15, 0.2) is 12.3 Å². The first-order valence-corrected chi connectivity index (χ1v) is 5.30. The third-order valence-corrected chi connectivity index (χ3v) is 2.65. The van der Waals surface area contributed by atoms with Crippen LogP contribution in [-0.4, -0.2) is 15.7 Å². The SMILES string of the molecule is CCC(C)(C)Oc1cc(CO)c(Cl)cn1. The van der Waals surface area contributed by atoms with Gasteiger partial charge in [-0.1, -0.05) is 18.5 Å². The lowest BCUT2D eigenvalue weighted by Gasteiger charge is -2.24. The highest BCUT2D eigenvalue weighted by atomic mass is 35.5. The van der Waals surface area contributed by atoms with Gasteiger partial charge < -0.3 is 9.84 Å². The summed E-state index contributed by atoms with van der Waals surface area (Å²) in [5.74, 6) is 0.496. The number of aromatic nitrogens is 1. The number of pyridine rings is 1. The fourth-order valence-corrected chi connectivity index (χ4v) is 1.15. The number of hydrogen-bond acceptors (Lipinski definition) is 3. The van der Waals surface area contributed by atoms with E-state index in [0.717, 1.165) is 6.42 Å². The van der Waals surface area contributed by atoms with E-state index in [0.29, 0.717) is 16.5 Å². The summed E-state index contributed by atoms with van der Waals surface area (Å²) in [6, 6.07) is 1.67. The van der Waals surface area contributed by atoms with Crippen LogP contribution in [0.2, 0.25) is 5.02 Å². The zero-order valence-electron chi connectivity index (χ0n) is 9.25. The molecule has 84 valence electrons. The van der Waals surface area contributed by atoms with Crippen molar-refractivity contribution in [3.8, 4) is 5.88 Å². The zero-order chi connectivity index (χ0) is 11.5. The molecule has 1 heterocycles. The third kappa shape index (κ3) is 3.36. The van der Waals surface area contributed by atoms with Gasteiger partial charge in [0.1, 0.15) is 5.60 Å². The van der Waals surface area contributed by atoms with Crippen molar-refractivity contribution in [1.82, 2.24) is 4.98 Å². The Morgan fingerprint density at radius 3 is 2.73 bits per heavy atom. The summed E-state index contributed by atoms with van der Waals surface area (Å²) in [7, 11) is 0. The average molecular weight is 230 g/mol. The highest BCUT2D eigenvalue weighted by Crippen LogP contribution is 2.23. The van der Waals surface area contributed by atoms with E-state index in [9.17, 15) is 0 Å². The summed E-state index contributed by atoms with van der Waals surface area (Å²) in [5.41, 5.74) is 0.377. The van der Waals surface area contributed by atoms with E-state index in [2.05, 4.69) is 4.98 Å². The maximum absolute atomic E-state index is 9.03. The van der Waals surface area contributed by atoms with Gasteiger partial charge in [-0.2, -0.15) is 0 Å². The first-order valence-electron chi connectivity index (χ1n) is 4.93. The molecule has 0 atom stereocenters. The van der Waals surface area contributed by atoms with Crippen LogP contribution in [0.5, 0.6) is 5.88 Å². The number of aliphatic hydroxyl groups excluding tert-OH is 1. The van der Waals surface area contributed by atoms with Gasteiger partial charge in [0.15, 0.2) is 0 Å². The van der Waals surface area contributed by atoms with Crippen LogP contribution < -0.4 is 4.74 Å². The van der Waals surface area contributed by atoms with E-state index in [4.69, 9.17) is 21.4 Å². The van der Waals surface area contributed by atoms with Crippen LogP contribution in [0.25, 0.3) is 0 Å². The van der Waals surface area contributed by atoms with E-state index >= 15 is 0 Å². The Morgan fingerprint density at radius 2 is 2.20 bits per heavy atom. The monoisotopic (exact) mass is 229 g/mol. The van der Waals surface area contributed by atoms with Gasteiger partial charge in [0.2, 0.25) is 5.88 Å². The summed E-state index contributed by atoms with van der Waals surface area (Å²) >= 11 is 5.82. The first kappa shape index (κ1) is 12.3. The molecule has 0 aliphatic heterocycles. The molecule has 0 aliphatic carbocycles. The van der Waals surface area contributed by atoms with Gasteiger partial charge in [-0.25, -0.2) is 4.98 Å². The molecule has 15 heavy (non-hydrogen) atoms. The van der Waals surface area contributed by atoms with Crippen molar-refractivity contribution in [3.05, 3.63) is 22.8 Å². The molecule has 0 spiro atoms. The smallest absolute Gasteiger partial charge is 0.214 e. The summed E-state index contributed by atoms with van der Waals surface area (Å²) in [5, 5.41) is 9.49. The normalized spacial score (nSPS) is 11.5. The van der Waals surface area contributed by atoms with Gasteiger partial charge in [-0.15, -0.1) is 0 Å². The molecule has 0 aliphatic rings. The molecule has 0 fully saturated rings. The predicted molar refractivity (Wildman–Crippen MR) is 60.2 cm³/mol.